The first kappa shape index (κ1) is 19.0. The van der Waals surface area contributed by atoms with E-state index >= 15 is 0 Å². The number of hydrogen-bond donors (Lipinski definition) is 2. The summed E-state index contributed by atoms with van der Waals surface area (Å²) in [6.45, 7) is 6.77. The minimum atomic E-state index is -0.518. The van der Waals surface area contributed by atoms with Gasteiger partial charge in [0.05, 0.1) is 16.9 Å². The van der Waals surface area contributed by atoms with Crippen molar-refractivity contribution >= 4 is 28.5 Å². The number of amides is 1. The fourth-order valence-electron chi connectivity index (χ4n) is 3.67. The summed E-state index contributed by atoms with van der Waals surface area (Å²) in [5.41, 5.74) is 14.8. The van der Waals surface area contributed by atoms with Crippen molar-refractivity contribution in [3.63, 3.8) is 0 Å². The van der Waals surface area contributed by atoms with Crippen LogP contribution >= 0.6 is 0 Å². The third kappa shape index (κ3) is 3.70. The molecule has 0 saturated carbocycles. The van der Waals surface area contributed by atoms with Crippen molar-refractivity contribution in [3.05, 3.63) is 36.5 Å². The van der Waals surface area contributed by atoms with Crippen molar-refractivity contribution in [2.45, 2.75) is 38.8 Å². The topological polar surface area (TPSA) is 112 Å². The molecule has 4 N–H and O–H groups in total. The average molecular weight is 394 g/mol. The number of anilines is 2. The molecular weight excluding hydrogens is 368 g/mol. The average Bonchev–Trinajstić information content (AvgIpc) is 3.26. The van der Waals surface area contributed by atoms with Crippen molar-refractivity contribution in [3.8, 4) is 11.3 Å². The third-order valence-electron chi connectivity index (χ3n) is 4.99. The second-order valence-corrected chi connectivity index (χ2v) is 8.37. The van der Waals surface area contributed by atoms with Gasteiger partial charge in [-0.1, -0.05) is 12.1 Å². The molecule has 3 aromatic rings. The van der Waals surface area contributed by atoms with Gasteiger partial charge in [0.1, 0.15) is 17.1 Å². The number of benzene rings is 1. The smallest absolute Gasteiger partial charge is 0.410 e. The summed E-state index contributed by atoms with van der Waals surface area (Å²) in [5.74, 6) is 0.433. The molecule has 1 aromatic carbocycles. The lowest BCUT2D eigenvalue weighted by Crippen LogP contribution is -2.35. The Bertz CT molecular complexity index is 1050. The Kier molecular flexibility index (Phi) is 4.56. The Hall–Kier alpha value is -3.29. The largest absolute Gasteiger partial charge is 0.444 e. The summed E-state index contributed by atoms with van der Waals surface area (Å²) in [4.78, 5) is 18.4. The molecular formula is C21H26N6O2. The summed E-state index contributed by atoms with van der Waals surface area (Å²) >= 11 is 0. The second-order valence-electron chi connectivity index (χ2n) is 8.37. The van der Waals surface area contributed by atoms with E-state index in [0.717, 1.165) is 28.6 Å². The zero-order chi connectivity index (χ0) is 20.8. The number of pyridine rings is 1. The van der Waals surface area contributed by atoms with Crippen LogP contribution in [0, 0.1) is 0 Å². The Morgan fingerprint density at radius 1 is 1.17 bits per heavy atom. The summed E-state index contributed by atoms with van der Waals surface area (Å²) < 4.78 is 7.48. The predicted molar refractivity (Wildman–Crippen MR) is 113 cm³/mol. The minimum absolute atomic E-state index is 0.0364. The van der Waals surface area contributed by atoms with Crippen LogP contribution in [0.4, 0.5) is 16.3 Å². The molecule has 0 bridgehead atoms. The van der Waals surface area contributed by atoms with Gasteiger partial charge in [-0.25, -0.2) is 9.78 Å². The Morgan fingerprint density at radius 2 is 1.90 bits per heavy atom. The van der Waals surface area contributed by atoms with E-state index in [-0.39, 0.29) is 12.1 Å². The molecule has 2 aromatic heterocycles. The maximum absolute atomic E-state index is 12.4. The van der Waals surface area contributed by atoms with E-state index in [1.165, 1.54) is 0 Å². The number of hydrogen-bond acceptors (Lipinski definition) is 6. The first-order valence-electron chi connectivity index (χ1n) is 9.69. The fraction of sp³-hybridized carbons (Fsp3) is 0.381. The second kappa shape index (κ2) is 6.95. The molecule has 1 unspecified atom stereocenters. The molecule has 1 aliphatic heterocycles. The molecule has 4 rings (SSSR count). The van der Waals surface area contributed by atoms with Gasteiger partial charge in [-0.15, -0.1) is 0 Å². The highest BCUT2D eigenvalue weighted by atomic mass is 16.6. The van der Waals surface area contributed by atoms with Gasteiger partial charge in [0.15, 0.2) is 0 Å². The highest BCUT2D eigenvalue weighted by molar-refractivity contribution is 6.00. The van der Waals surface area contributed by atoms with Crippen molar-refractivity contribution in [2.24, 2.45) is 0 Å². The van der Waals surface area contributed by atoms with Crippen LogP contribution < -0.4 is 11.5 Å². The number of ether oxygens (including phenoxy) is 1. The molecule has 29 heavy (non-hydrogen) atoms. The zero-order valence-electron chi connectivity index (χ0n) is 16.9. The van der Waals surface area contributed by atoms with Crippen LogP contribution in [0.25, 0.3) is 22.2 Å². The number of nitrogen functional groups attached to an aromatic ring is 2. The van der Waals surface area contributed by atoms with E-state index in [9.17, 15) is 4.79 Å². The number of carbonyl (C=O) groups is 1. The molecule has 0 aliphatic carbocycles. The number of likely N-dealkylation sites (tertiary alicyclic amines) is 1. The molecule has 1 fully saturated rings. The number of fused-ring (bicyclic) bond motifs is 1. The summed E-state index contributed by atoms with van der Waals surface area (Å²) in [6.07, 6.45) is 2.18. The molecule has 1 saturated heterocycles. The number of rotatable bonds is 2. The van der Waals surface area contributed by atoms with Crippen molar-refractivity contribution in [1.82, 2.24) is 19.7 Å². The van der Waals surface area contributed by atoms with Crippen LogP contribution in [-0.4, -0.2) is 44.4 Å². The van der Waals surface area contributed by atoms with E-state index in [4.69, 9.17) is 21.3 Å². The monoisotopic (exact) mass is 394 g/mol. The molecule has 1 atom stereocenters. The van der Waals surface area contributed by atoms with E-state index in [1.807, 2.05) is 55.8 Å². The molecule has 1 amide bonds. The van der Waals surface area contributed by atoms with Gasteiger partial charge in [0.25, 0.3) is 0 Å². The molecule has 3 heterocycles. The summed E-state index contributed by atoms with van der Waals surface area (Å²) in [7, 11) is 0. The molecule has 152 valence electrons. The molecule has 0 radical (unpaired) electrons. The summed E-state index contributed by atoms with van der Waals surface area (Å²) in [5, 5.41) is 5.69. The minimum Gasteiger partial charge on any atom is -0.444 e. The SMILES string of the molecule is CC(C)(C)OC(=O)N1CCC(n2nc(-c3ccc(N)cc3)c3c(N)nccc32)C1. The lowest BCUT2D eigenvalue weighted by atomic mass is 10.1. The normalized spacial score (nSPS) is 17.1. The Balaban J connectivity index is 1.69. The quantitative estimate of drug-likeness (QED) is 0.644. The highest BCUT2D eigenvalue weighted by Crippen LogP contribution is 2.35. The molecule has 8 nitrogen and oxygen atoms in total. The van der Waals surface area contributed by atoms with Gasteiger partial charge in [0, 0.05) is 30.5 Å². The first-order chi connectivity index (χ1) is 13.7. The fourth-order valence-corrected chi connectivity index (χ4v) is 3.67. The van der Waals surface area contributed by atoms with Crippen LogP contribution in [0.5, 0.6) is 0 Å². The van der Waals surface area contributed by atoms with E-state index < -0.39 is 5.60 Å². The lowest BCUT2D eigenvalue weighted by molar-refractivity contribution is 0.0288. The van der Waals surface area contributed by atoms with Crippen molar-refractivity contribution in [1.29, 1.82) is 0 Å². The Labute approximate surface area is 169 Å². The van der Waals surface area contributed by atoms with Crippen LogP contribution in [0.2, 0.25) is 0 Å². The van der Waals surface area contributed by atoms with Crippen molar-refractivity contribution < 1.29 is 9.53 Å². The van der Waals surface area contributed by atoms with Gasteiger partial charge >= 0.3 is 6.09 Å². The van der Waals surface area contributed by atoms with Gasteiger partial charge in [0.2, 0.25) is 0 Å². The number of carbonyl (C=O) groups excluding carboxylic acids is 1. The van der Waals surface area contributed by atoms with E-state index in [1.54, 1.807) is 11.1 Å². The predicted octanol–water partition coefficient (Wildman–Crippen LogP) is 3.44. The number of nitrogens with zero attached hydrogens (tertiary/aromatic N) is 4. The standard InChI is InChI=1S/C21H26N6O2/c1-21(2,3)29-20(28)26-11-9-15(12-26)27-16-8-10-24-19(23)17(16)18(25-27)13-4-6-14(22)7-5-13/h4-8,10,15H,9,11-12,22H2,1-3H3,(H2,23,24). The maximum Gasteiger partial charge on any atom is 0.410 e. The van der Waals surface area contributed by atoms with Gasteiger partial charge in [-0.2, -0.15) is 5.10 Å². The highest BCUT2D eigenvalue weighted by Gasteiger charge is 2.32. The maximum atomic E-state index is 12.4. The van der Waals surface area contributed by atoms with Gasteiger partial charge in [-0.3, -0.25) is 4.68 Å². The zero-order valence-corrected chi connectivity index (χ0v) is 16.9. The van der Waals surface area contributed by atoms with E-state index in [2.05, 4.69) is 4.98 Å². The van der Waals surface area contributed by atoms with Crippen LogP contribution in [0.1, 0.15) is 33.2 Å². The van der Waals surface area contributed by atoms with Crippen LogP contribution in [0.3, 0.4) is 0 Å². The van der Waals surface area contributed by atoms with Gasteiger partial charge < -0.3 is 21.1 Å². The molecule has 8 heteroatoms. The molecule has 1 aliphatic rings. The first-order valence-corrected chi connectivity index (χ1v) is 9.69. The van der Waals surface area contributed by atoms with Crippen LogP contribution in [-0.2, 0) is 4.74 Å². The van der Waals surface area contributed by atoms with Crippen LogP contribution in [0.15, 0.2) is 36.5 Å². The van der Waals surface area contributed by atoms with E-state index in [0.29, 0.717) is 24.6 Å². The summed E-state index contributed by atoms with van der Waals surface area (Å²) in [6, 6.07) is 9.48. The molecule has 0 spiro atoms. The number of nitrogens with two attached hydrogens (primary N) is 2. The van der Waals surface area contributed by atoms with Crippen molar-refractivity contribution in [2.75, 3.05) is 24.6 Å². The number of aromatic nitrogens is 3. The lowest BCUT2D eigenvalue weighted by Gasteiger charge is -2.24. The third-order valence-corrected chi connectivity index (χ3v) is 4.99. The Morgan fingerprint density at radius 3 is 2.59 bits per heavy atom. The van der Waals surface area contributed by atoms with Gasteiger partial charge in [-0.05, 0) is 45.4 Å².